The Kier molecular flexibility index (Phi) is 6.44. The van der Waals surface area contributed by atoms with E-state index >= 15 is 0 Å². The molecular formula is C20H18INO3S2. The molecule has 0 unspecified atom stereocenters. The summed E-state index contributed by atoms with van der Waals surface area (Å²) in [6.07, 6.45) is 1.79. The van der Waals surface area contributed by atoms with Gasteiger partial charge in [0, 0.05) is 0 Å². The molecule has 27 heavy (non-hydrogen) atoms. The molecule has 1 atom stereocenters. The Morgan fingerprint density at radius 2 is 2.04 bits per heavy atom. The van der Waals surface area contributed by atoms with Crippen LogP contribution in [0.5, 0.6) is 11.5 Å². The molecule has 1 aliphatic heterocycles. The third kappa shape index (κ3) is 4.30. The van der Waals surface area contributed by atoms with E-state index in [2.05, 4.69) is 0 Å². The first-order valence-electron chi connectivity index (χ1n) is 8.39. The fourth-order valence-corrected chi connectivity index (χ4v) is 4.83. The van der Waals surface area contributed by atoms with Crippen LogP contribution in [0, 0.1) is 3.57 Å². The Morgan fingerprint density at radius 3 is 2.70 bits per heavy atom. The van der Waals surface area contributed by atoms with Crippen LogP contribution in [0.3, 0.4) is 0 Å². The Bertz CT molecular complexity index is 915. The minimum Gasteiger partial charge on any atom is -0.504 e. The van der Waals surface area contributed by atoms with Crippen molar-refractivity contribution < 1.29 is 14.6 Å². The SMILES string of the molecule is CCOc1cc(/C=C2\SC(=S)N([C@@H](C)c3ccccc3)C2=O)cc(I)c1O. The van der Waals surface area contributed by atoms with E-state index in [1.54, 1.807) is 17.0 Å². The van der Waals surface area contributed by atoms with Gasteiger partial charge in [0.15, 0.2) is 11.5 Å². The van der Waals surface area contributed by atoms with Crippen LogP contribution in [0.4, 0.5) is 0 Å². The van der Waals surface area contributed by atoms with Crippen LogP contribution in [0.25, 0.3) is 6.08 Å². The van der Waals surface area contributed by atoms with E-state index in [9.17, 15) is 9.90 Å². The van der Waals surface area contributed by atoms with Gasteiger partial charge in [0.05, 0.1) is 21.1 Å². The first kappa shape index (κ1) is 20.2. The van der Waals surface area contributed by atoms with Gasteiger partial charge < -0.3 is 9.84 Å². The molecule has 1 amide bonds. The van der Waals surface area contributed by atoms with E-state index in [1.165, 1.54) is 11.8 Å². The molecule has 2 aromatic carbocycles. The van der Waals surface area contributed by atoms with E-state index in [0.717, 1.165) is 11.1 Å². The third-order valence-electron chi connectivity index (χ3n) is 4.14. The molecule has 0 spiro atoms. The fourth-order valence-electron chi connectivity index (χ4n) is 2.79. The highest BCUT2D eigenvalue weighted by Crippen LogP contribution is 2.39. The van der Waals surface area contributed by atoms with Crippen molar-refractivity contribution in [2.24, 2.45) is 0 Å². The van der Waals surface area contributed by atoms with Crippen LogP contribution in [0.15, 0.2) is 47.4 Å². The molecule has 1 fully saturated rings. The molecule has 140 valence electrons. The minimum atomic E-state index is -0.136. The number of hydrogen-bond acceptors (Lipinski definition) is 5. The molecule has 3 rings (SSSR count). The Morgan fingerprint density at radius 1 is 1.33 bits per heavy atom. The summed E-state index contributed by atoms with van der Waals surface area (Å²) in [6.45, 7) is 4.28. The average molecular weight is 511 g/mol. The van der Waals surface area contributed by atoms with Crippen LogP contribution in [-0.4, -0.2) is 26.8 Å². The number of carbonyl (C=O) groups excluding carboxylic acids is 1. The number of hydrogen-bond donors (Lipinski definition) is 1. The van der Waals surface area contributed by atoms with Crippen molar-refractivity contribution in [3.63, 3.8) is 0 Å². The maximum absolute atomic E-state index is 13.0. The second kappa shape index (κ2) is 8.62. The fraction of sp³-hybridized carbons (Fsp3) is 0.200. The topological polar surface area (TPSA) is 49.8 Å². The van der Waals surface area contributed by atoms with Gasteiger partial charge in [0.2, 0.25) is 0 Å². The number of benzene rings is 2. The second-order valence-electron chi connectivity index (χ2n) is 5.92. The zero-order valence-electron chi connectivity index (χ0n) is 14.8. The van der Waals surface area contributed by atoms with E-state index in [0.29, 0.717) is 25.2 Å². The summed E-state index contributed by atoms with van der Waals surface area (Å²) in [5.41, 5.74) is 1.82. The highest BCUT2D eigenvalue weighted by atomic mass is 127. The lowest BCUT2D eigenvalue weighted by atomic mass is 10.1. The smallest absolute Gasteiger partial charge is 0.266 e. The predicted molar refractivity (Wildman–Crippen MR) is 122 cm³/mol. The summed E-state index contributed by atoms with van der Waals surface area (Å²) >= 11 is 8.80. The minimum absolute atomic E-state index is 0.109. The summed E-state index contributed by atoms with van der Waals surface area (Å²) in [6, 6.07) is 13.2. The Labute approximate surface area is 181 Å². The number of phenols is 1. The molecule has 1 heterocycles. The summed E-state index contributed by atoms with van der Waals surface area (Å²) in [7, 11) is 0. The number of thioether (sulfide) groups is 1. The van der Waals surface area contributed by atoms with E-state index in [1.807, 2.05) is 72.8 Å². The maximum Gasteiger partial charge on any atom is 0.266 e. The van der Waals surface area contributed by atoms with Crippen molar-refractivity contribution in [1.29, 1.82) is 0 Å². The summed E-state index contributed by atoms with van der Waals surface area (Å²) in [5.74, 6) is 0.408. The summed E-state index contributed by atoms with van der Waals surface area (Å²) in [4.78, 5) is 15.2. The van der Waals surface area contributed by atoms with Gasteiger partial charge in [-0.05, 0) is 65.8 Å². The molecule has 4 nitrogen and oxygen atoms in total. The highest BCUT2D eigenvalue weighted by Gasteiger charge is 2.35. The first-order chi connectivity index (χ1) is 12.9. The molecular weight excluding hydrogens is 493 g/mol. The lowest BCUT2D eigenvalue weighted by molar-refractivity contribution is -0.123. The summed E-state index contributed by atoms with van der Waals surface area (Å²) in [5, 5.41) is 10.1. The largest absolute Gasteiger partial charge is 0.504 e. The van der Waals surface area contributed by atoms with Gasteiger partial charge in [-0.15, -0.1) is 0 Å². The van der Waals surface area contributed by atoms with Crippen LogP contribution in [0.1, 0.15) is 31.0 Å². The van der Waals surface area contributed by atoms with Gasteiger partial charge in [-0.25, -0.2) is 0 Å². The van der Waals surface area contributed by atoms with Gasteiger partial charge in [-0.3, -0.25) is 9.69 Å². The summed E-state index contributed by atoms with van der Waals surface area (Å²) < 4.78 is 6.68. The normalized spacial score (nSPS) is 16.9. The number of thiocarbonyl (C=S) groups is 1. The Hall–Kier alpha value is -1.58. The van der Waals surface area contributed by atoms with Crippen molar-refractivity contribution in [3.05, 3.63) is 62.1 Å². The van der Waals surface area contributed by atoms with Crippen molar-refractivity contribution in [2.75, 3.05) is 6.61 Å². The van der Waals surface area contributed by atoms with Crippen LogP contribution < -0.4 is 4.74 Å². The van der Waals surface area contributed by atoms with Crippen LogP contribution in [0.2, 0.25) is 0 Å². The zero-order valence-corrected chi connectivity index (χ0v) is 18.6. The van der Waals surface area contributed by atoms with Crippen molar-refractivity contribution in [1.82, 2.24) is 4.90 Å². The molecule has 2 aromatic rings. The molecule has 0 aromatic heterocycles. The van der Waals surface area contributed by atoms with Gasteiger partial charge in [0.1, 0.15) is 4.32 Å². The Balaban J connectivity index is 1.91. The monoisotopic (exact) mass is 511 g/mol. The molecule has 1 aliphatic rings. The third-order valence-corrected chi connectivity index (χ3v) is 6.29. The molecule has 7 heteroatoms. The number of rotatable bonds is 5. The zero-order chi connectivity index (χ0) is 19.6. The number of ether oxygens (including phenoxy) is 1. The quantitative estimate of drug-likeness (QED) is 0.333. The van der Waals surface area contributed by atoms with Crippen molar-refractivity contribution in [3.8, 4) is 11.5 Å². The lowest BCUT2D eigenvalue weighted by Crippen LogP contribution is -2.30. The van der Waals surface area contributed by atoms with Gasteiger partial charge in [0.25, 0.3) is 5.91 Å². The molecule has 0 radical (unpaired) electrons. The number of halogens is 1. The number of carbonyl (C=O) groups is 1. The molecule has 0 bridgehead atoms. The van der Waals surface area contributed by atoms with Gasteiger partial charge >= 0.3 is 0 Å². The molecule has 0 aliphatic carbocycles. The van der Waals surface area contributed by atoms with E-state index in [4.69, 9.17) is 17.0 Å². The van der Waals surface area contributed by atoms with Crippen LogP contribution in [-0.2, 0) is 4.79 Å². The van der Waals surface area contributed by atoms with Crippen molar-refractivity contribution >= 4 is 62.9 Å². The average Bonchev–Trinajstić information content (AvgIpc) is 2.93. The number of aromatic hydroxyl groups is 1. The highest BCUT2D eigenvalue weighted by molar-refractivity contribution is 14.1. The van der Waals surface area contributed by atoms with Gasteiger partial charge in [-0.1, -0.05) is 54.3 Å². The molecule has 1 N–H and O–H groups in total. The van der Waals surface area contributed by atoms with E-state index in [-0.39, 0.29) is 17.7 Å². The predicted octanol–water partition coefficient (Wildman–Crippen LogP) is 5.36. The van der Waals surface area contributed by atoms with E-state index < -0.39 is 0 Å². The lowest BCUT2D eigenvalue weighted by Gasteiger charge is -2.23. The standard InChI is InChI=1S/C20H18INO3S2/c1-3-25-16-10-13(9-15(21)18(16)23)11-17-19(24)22(20(26)27-17)12(2)14-7-5-4-6-8-14/h4-12,23H,3H2,1-2H3/b17-11-/t12-/m0/s1. The van der Waals surface area contributed by atoms with Gasteiger partial charge in [-0.2, -0.15) is 0 Å². The maximum atomic E-state index is 13.0. The molecule has 0 saturated carbocycles. The number of nitrogens with zero attached hydrogens (tertiary/aromatic N) is 1. The van der Waals surface area contributed by atoms with Crippen LogP contribution >= 0.6 is 46.6 Å². The molecule has 1 saturated heterocycles. The second-order valence-corrected chi connectivity index (χ2v) is 8.76. The van der Waals surface area contributed by atoms with Crippen molar-refractivity contribution in [2.45, 2.75) is 19.9 Å². The number of amides is 1. The number of phenolic OH excluding ortho intramolecular Hbond substituents is 1. The first-order valence-corrected chi connectivity index (χ1v) is 10.7.